The van der Waals surface area contributed by atoms with E-state index < -0.39 is 12.1 Å². The highest BCUT2D eigenvalue weighted by molar-refractivity contribution is 6.31. The number of methoxy groups -OCH3 is 1. The lowest BCUT2D eigenvalue weighted by molar-refractivity contribution is -0.136. The van der Waals surface area contributed by atoms with Crippen molar-refractivity contribution in [1.82, 2.24) is 4.90 Å². The van der Waals surface area contributed by atoms with Gasteiger partial charge in [0.15, 0.2) is 0 Å². The molecular weight excluding hydrogens is 466 g/mol. The molecule has 0 amide bonds. The van der Waals surface area contributed by atoms with Crippen molar-refractivity contribution in [2.75, 3.05) is 26.8 Å². The molecule has 3 rings (SSSR count). The fourth-order valence-corrected chi connectivity index (χ4v) is 5.16. The van der Waals surface area contributed by atoms with Gasteiger partial charge in [-0.05, 0) is 74.4 Å². The molecule has 7 heteroatoms. The number of rotatable bonds is 13. The molecular formula is C28H38ClNO5. The molecule has 35 heavy (non-hydrogen) atoms. The van der Waals surface area contributed by atoms with E-state index in [4.69, 9.17) is 26.2 Å². The summed E-state index contributed by atoms with van der Waals surface area (Å²) in [5.74, 6) is -0.179. The Kier molecular flexibility index (Phi) is 10.4. The third-order valence-electron chi connectivity index (χ3n) is 6.84. The lowest BCUT2D eigenvalue weighted by Gasteiger charge is -2.28. The van der Waals surface area contributed by atoms with Crippen LogP contribution in [0.2, 0.25) is 5.02 Å². The first-order chi connectivity index (χ1) is 16.8. The quantitative estimate of drug-likeness (QED) is 0.390. The van der Waals surface area contributed by atoms with Crippen LogP contribution in [0, 0.1) is 6.92 Å². The van der Waals surface area contributed by atoms with Gasteiger partial charge in [0.05, 0.1) is 25.9 Å². The highest BCUT2D eigenvalue weighted by atomic mass is 35.5. The molecule has 0 aromatic heterocycles. The number of ether oxygens (including phenoxy) is 2. The van der Waals surface area contributed by atoms with Gasteiger partial charge in [-0.25, -0.2) is 0 Å². The number of benzene rings is 2. The summed E-state index contributed by atoms with van der Waals surface area (Å²) in [4.78, 5) is 13.5. The lowest BCUT2D eigenvalue weighted by Crippen LogP contribution is -2.39. The molecule has 1 aliphatic rings. The van der Waals surface area contributed by atoms with Crippen molar-refractivity contribution in [3.05, 3.63) is 63.7 Å². The van der Waals surface area contributed by atoms with Crippen molar-refractivity contribution in [2.24, 2.45) is 0 Å². The highest BCUT2D eigenvalue weighted by Gasteiger charge is 2.27. The lowest BCUT2D eigenvalue weighted by atomic mass is 9.96. The number of likely N-dealkylation sites (tertiary alicyclic amines) is 1. The van der Waals surface area contributed by atoms with Crippen LogP contribution in [0.25, 0.3) is 0 Å². The normalized spacial score (nSPS) is 17.9. The number of carbonyl (C=O) groups is 1. The number of carboxylic acid groups (broad SMARTS) is 1. The molecule has 2 aromatic rings. The predicted octanol–water partition coefficient (Wildman–Crippen LogP) is 5.21. The van der Waals surface area contributed by atoms with E-state index in [1.165, 1.54) is 5.56 Å². The van der Waals surface area contributed by atoms with Crippen LogP contribution in [-0.4, -0.2) is 60.0 Å². The van der Waals surface area contributed by atoms with E-state index in [-0.39, 0.29) is 19.1 Å². The van der Waals surface area contributed by atoms with Gasteiger partial charge in [-0.3, -0.25) is 9.69 Å². The van der Waals surface area contributed by atoms with Crippen LogP contribution in [0.5, 0.6) is 5.75 Å². The maximum absolute atomic E-state index is 11.2. The Morgan fingerprint density at radius 3 is 2.77 bits per heavy atom. The van der Waals surface area contributed by atoms with E-state index >= 15 is 0 Å². The average Bonchev–Trinajstić information content (AvgIpc) is 3.26. The number of hydrogen-bond donors (Lipinski definition) is 2. The molecule has 1 heterocycles. The minimum Gasteiger partial charge on any atom is -0.496 e. The van der Waals surface area contributed by atoms with E-state index in [1.54, 1.807) is 7.11 Å². The number of hydrogen-bond acceptors (Lipinski definition) is 5. The van der Waals surface area contributed by atoms with E-state index in [0.717, 1.165) is 47.5 Å². The molecule has 0 radical (unpaired) electrons. The van der Waals surface area contributed by atoms with E-state index in [9.17, 15) is 9.90 Å². The van der Waals surface area contributed by atoms with Crippen LogP contribution >= 0.6 is 11.6 Å². The van der Waals surface area contributed by atoms with Gasteiger partial charge in [0.2, 0.25) is 0 Å². The Morgan fingerprint density at radius 2 is 2.09 bits per heavy atom. The standard InChI is InChI=1S/C28H38ClNO5/c1-4-26(23-8-5-9-27(34-3)24(23)12-13-28(32)33)35-18-22(31)17-30-14-6-7-21(30)15-20-11-10-19(2)25(29)16-20/h5,8-11,16,21-22,26,31H,4,6-7,12-15,17-18H2,1-3H3,(H,32,33)/t21?,22-,26-/m1/s1. The molecule has 0 spiro atoms. The zero-order chi connectivity index (χ0) is 25.4. The minimum atomic E-state index is -0.848. The minimum absolute atomic E-state index is 0.0228. The number of aliphatic hydroxyl groups is 1. The number of aliphatic carboxylic acids is 1. The Balaban J connectivity index is 1.60. The number of halogens is 1. The maximum atomic E-state index is 11.2. The molecule has 3 atom stereocenters. The van der Waals surface area contributed by atoms with Crippen molar-refractivity contribution < 1.29 is 24.5 Å². The summed E-state index contributed by atoms with van der Waals surface area (Å²) < 4.78 is 11.7. The van der Waals surface area contributed by atoms with Gasteiger partial charge < -0.3 is 19.7 Å². The highest BCUT2D eigenvalue weighted by Crippen LogP contribution is 2.32. The summed E-state index contributed by atoms with van der Waals surface area (Å²) in [6.45, 7) is 5.78. The maximum Gasteiger partial charge on any atom is 0.303 e. The van der Waals surface area contributed by atoms with Crippen LogP contribution in [0.1, 0.15) is 61.0 Å². The first-order valence-electron chi connectivity index (χ1n) is 12.5. The molecule has 0 bridgehead atoms. The molecule has 0 aliphatic carbocycles. The molecule has 2 aromatic carbocycles. The smallest absolute Gasteiger partial charge is 0.303 e. The molecule has 1 aliphatic heterocycles. The van der Waals surface area contributed by atoms with Gasteiger partial charge in [0.1, 0.15) is 5.75 Å². The van der Waals surface area contributed by atoms with Gasteiger partial charge in [-0.2, -0.15) is 0 Å². The van der Waals surface area contributed by atoms with Gasteiger partial charge in [-0.15, -0.1) is 0 Å². The summed E-state index contributed by atoms with van der Waals surface area (Å²) >= 11 is 6.31. The average molecular weight is 504 g/mol. The van der Waals surface area contributed by atoms with Crippen LogP contribution in [0.3, 0.4) is 0 Å². The number of carboxylic acids is 1. The fraction of sp³-hybridized carbons (Fsp3) is 0.536. The third-order valence-corrected chi connectivity index (χ3v) is 7.24. The van der Waals surface area contributed by atoms with Crippen molar-refractivity contribution in [1.29, 1.82) is 0 Å². The molecule has 1 fully saturated rings. The molecule has 0 saturated carbocycles. The summed E-state index contributed by atoms with van der Waals surface area (Å²) in [7, 11) is 1.59. The van der Waals surface area contributed by atoms with Crippen LogP contribution in [0.15, 0.2) is 36.4 Å². The molecule has 6 nitrogen and oxygen atoms in total. The number of aliphatic hydroxyl groups excluding tert-OH is 1. The second-order valence-corrected chi connectivity index (χ2v) is 9.79. The first kappa shape index (κ1) is 27.5. The molecule has 1 unspecified atom stereocenters. The zero-order valence-electron chi connectivity index (χ0n) is 21.0. The van der Waals surface area contributed by atoms with E-state index in [1.807, 2.05) is 32.0 Å². The van der Waals surface area contributed by atoms with Gasteiger partial charge in [0, 0.05) is 29.6 Å². The number of aryl methyl sites for hydroxylation is 1. The van der Waals surface area contributed by atoms with Crippen molar-refractivity contribution >= 4 is 17.6 Å². The number of β-amino-alcohol motifs (C(OH)–C–C–N with tert-alkyl or cyclic N) is 1. The summed E-state index contributed by atoms with van der Waals surface area (Å²) in [6.07, 6.45) is 3.39. The second-order valence-electron chi connectivity index (χ2n) is 9.38. The summed E-state index contributed by atoms with van der Waals surface area (Å²) in [5, 5.41) is 20.8. The molecule has 192 valence electrons. The number of nitrogens with zero attached hydrogens (tertiary/aromatic N) is 1. The SMILES string of the molecule is CC[C@@H](OC[C@H](O)CN1CCCC1Cc1ccc(C)c(Cl)c1)c1cccc(OC)c1CCC(=O)O. The summed E-state index contributed by atoms with van der Waals surface area (Å²) in [5.41, 5.74) is 4.09. The van der Waals surface area contributed by atoms with Crippen molar-refractivity contribution in [3.63, 3.8) is 0 Å². The Hall–Kier alpha value is -2.12. The topological polar surface area (TPSA) is 79.2 Å². The second kappa shape index (κ2) is 13.3. The first-order valence-corrected chi connectivity index (χ1v) is 12.9. The van der Waals surface area contributed by atoms with Crippen molar-refractivity contribution in [3.8, 4) is 5.75 Å². The third kappa shape index (κ3) is 7.68. The van der Waals surface area contributed by atoms with E-state index in [2.05, 4.69) is 23.1 Å². The molecule has 2 N–H and O–H groups in total. The fourth-order valence-electron chi connectivity index (χ4n) is 4.96. The van der Waals surface area contributed by atoms with Crippen molar-refractivity contribution in [2.45, 2.75) is 70.6 Å². The van der Waals surface area contributed by atoms with E-state index in [0.29, 0.717) is 31.2 Å². The Labute approximate surface area is 213 Å². The predicted molar refractivity (Wildman–Crippen MR) is 138 cm³/mol. The van der Waals surface area contributed by atoms with Crippen LogP contribution < -0.4 is 4.74 Å². The monoisotopic (exact) mass is 503 g/mol. The molecule has 1 saturated heterocycles. The Bertz CT molecular complexity index is 982. The Morgan fingerprint density at radius 1 is 1.29 bits per heavy atom. The van der Waals surface area contributed by atoms with Crippen LogP contribution in [0.4, 0.5) is 0 Å². The zero-order valence-corrected chi connectivity index (χ0v) is 21.8. The van der Waals surface area contributed by atoms with Gasteiger partial charge in [-0.1, -0.05) is 42.8 Å². The van der Waals surface area contributed by atoms with Gasteiger partial charge >= 0.3 is 5.97 Å². The van der Waals surface area contributed by atoms with Crippen LogP contribution in [-0.2, 0) is 22.4 Å². The van der Waals surface area contributed by atoms with Gasteiger partial charge in [0.25, 0.3) is 0 Å². The summed E-state index contributed by atoms with van der Waals surface area (Å²) in [6, 6.07) is 12.3. The largest absolute Gasteiger partial charge is 0.496 e.